The molecule has 2 aromatic carbocycles. The number of hydrogen-bond acceptors (Lipinski definition) is 5. The van der Waals surface area contributed by atoms with Crippen LogP contribution in [0.2, 0.25) is 0 Å². The van der Waals surface area contributed by atoms with Gasteiger partial charge in [-0.1, -0.05) is 0 Å². The van der Waals surface area contributed by atoms with Crippen LogP contribution >= 0.6 is 0 Å². The zero-order chi connectivity index (χ0) is 22.8. The molecule has 0 unspecified atom stereocenters. The summed E-state index contributed by atoms with van der Waals surface area (Å²) in [6.07, 6.45) is 2.68. The van der Waals surface area contributed by atoms with Crippen LogP contribution < -0.4 is 9.47 Å². The van der Waals surface area contributed by atoms with Gasteiger partial charge in [0.25, 0.3) is 5.91 Å². The van der Waals surface area contributed by atoms with E-state index in [1.54, 1.807) is 41.3 Å². The number of amides is 1. The van der Waals surface area contributed by atoms with Crippen molar-refractivity contribution < 1.29 is 19.4 Å². The Kier molecular flexibility index (Phi) is 9.20. The molecule has 0 saturated carbocycles. The fourth-order valence-electron chi connectivity index (χ4n) is 3.37. The normalized spacial score (nSPS) is 10.7. The first kappa shape index (κ1) is 24.1. The van der Waals surface area contributed by atoms with E-state index < -0.39 is 0 Å². The van der Waals surface area contributed by atoms with E-state index >= 15 is 0 Å². The number of nitriles is 1. The average Bonchev–Trinajstić information content (AvgIpc) is 2.74. The number of phenols is 1. The molecule has 2 aromatic rings. The Bertz CT molecular complexity index is 877. The predicted octanol–water partition coefficient (Wildman–Crippen LogP) is 5.15. The molecule has 0 spiro atoms. The third-order valence-electron chi connectivity index (χ3n) is 4.86. The van der Waals surface area contributed by atoms with Crippen LogP contribution in [0.4, 0.5) is 0 Å². The Morgan fingerprint density at radius 1 is 0.935 bits per heavy atom. The molecule has 0 radical (unpaired) electrons. The van der Waals surface area contributed by atoms with Crippen molar-refractivity contribution in [1.29, 1.82) is 5.26 Å². The van der Waals surface area contributed by atoms with Crippen LogP contribution in [-0.4, -0.2) is 41.2 Å². The van der Waals surface area contributed by atoms with Gasteiger partial charge in [-0.15, -0.1) is 0 Å². The Morgan fingerprint density at radius 3 is 2.03 bits per heavy atom. The summed E-state index contributed by atoms with van der Waals surface area (Å²) in [6.45, 7) is 8.96. The van der Waals surface area contributed by atoms with Crippen LogP contribution in [-0.2, 0) is 0 Å². The highest BCUT2D eigenvalue weighted by Crippen LogP contribution is 2.26. The topological polar surface area (TPSA) is 82.8 Å². The zero-order valence-corrected chi connectivity index (χ0v) is 18.8. The van der Waals surface area contributed by atoms with Gasteiger partial charge >= 0.3 is 0 Å². The van der Waals surface area contributed by atoms with Gasteiger partial charge < -0.3 is 19.5 Å². The average molecular weight is 425 g/mol. The van der Waals surface area contributed by atoms with Crippen molar-refractivity contribution in [2.75, 3.05) is 13.2 Å². The molecule has 166 valence electrons. The van der Waals surface area contributed by atoms with E-state index in [0.29, 0.717) is 24.5 Å². The lowest BCUT2D eigenvalue weighted by atomic mass is 10.1. The van der Waals surface area contributed by atoms with Crippen molar-refractivity contribution in [1.82, 2.24) is 4.90 Å². The van der Waals surface area contributed by atoms with Gasteiger partial charge in [0.15, 0.2) is 0 Å². The van der Waals surface area contributed by atoms with Gasteiger partial charge in [-0.3, -0.25) is 4.79 Å². The number of benzene rings is 2. The smallest absolute Gasteiger partial charge is 0.258 e. The van der Waals surface area contributed by atoms with E-state index in [1.165, 1.54) is 6.07 Å². The highest BCUT2D eigenvalue weighted by molar-refractivity contribution is 5.97. The third-order valence-corrected chi connectivity index (χ3v) is 4.86. The number of nitrogens with zero attached hydrogens (tertiary/aromatic N) is 2. The number of unbranched alkanes of at least 4 members (excludes halogenated alkanes) is 2. The maximum absolute atomic E-state index is 12.9. The van der Waals surface area contributed by atoms with Crippen molar-refractivity contribution in [3.8, 4) is 23.3 Å². The van der Waals surface area contributed by atoms with Gasteiger partial charge in [0.1, 0.15) is 17.2 Å². The zero-order valence-electron chi connectivity index (χ0n) is 18.8. The van der Waals surface area contributed by atoms with Crippen LogP contribution in [0.1, 0.15) is 62.9 Å². The SMILES string of the molecule is CC(C)N(C(=O)c1cc(OCCCCCOc2ccc(C#N)cc2)ccc1O)C(C)C. The largest absolute Gasteiger partial charge is 0.507 e. The summed E-state index contributed by atoms with van der Waals surface area (Å²) >= 11 is 0. The molecule has 0 saturated heterocycles. The Labute approximate surface area is 185 Å². The first-order valence-electron chi connectivity index (χ1n) is 10.7. The molecular weight excluding hydrogens is 392 g/mol. The molecule has 0 aliphatic rings. The summed E-state index contributed by atoms with van der Waals surface area (Å²) in [4.78, 5) is 14.6. The maximum atomic E-state index is 12.9. The van der Waals surface area contributed by atoms with Crippen molar-refractivity contribution in [2.24, 2.45) is 0 Å². The minimum absolute atomic E-state index is 0.0305. The number of carbonyl (C=O) groups excluding carboxylic acids is 1. The minimum Gasteiger partial charge on any atom is -0.507 e. The number of ether oxygens (including phenoxy) is 2. The van der Waals surface area contributed by atoms with Gasteiger partial charge in [-0.2, -0.15) is 5.26 Å². The second-order valence-corrected chi connectivity index (χ2v) is 7.97. The molecule has 6 heteroatoms. The first-order chi connectivity index (χ1) is 14.8. The Morgan fingerprint density at radius 2 is 1.48 bits per heavy atom. The monoisotopic (exact) mass is 424 g/mol. The van der Waals surface area contributed by atoms with Gasteiger partial charge in [0.2, 0.25) is 0 Å². The molecule has 2 rings (SSSR count). The summed E-state index contributed by atoms with van der Waals surface area (Å²) in [5.41, 5.74) is 0.875. The highest BCUT2D eigenvalue weighted by atomic mass is 16.5. The number of carbonyl (C=O) groups is 1. The number of rotatable bonds is 11. The fraction of sp³-hybridized carbons (Fsp3) is 0.440. The molecule has 0 aliphatic carbocycles. The minimum atomic E-state index is -0.201. The van der Waals surface area contributed by atoms with E-state index in [-0.39, 0.29) is 29.3 Å². The lowest BCUT2D eigenvalue weighted by molar-refractivity contribution is 0.0640. The molecule has 0 aromatic heterocycles. The quantitative estimate of drug-likeness (QED) is 0.504. The van der Waals surface area contributed by atoms with Crippen LogP contribution in [0.3, 0.4) is 0 Å². The predicted molar refractivity (Wildman–Crippen MR) is 121 cm³/mol. The summed E-state index contributed by atoms with van der Waals surface area (Å²) in [6, 6.07) is 14.0. The van der Waals surface area contributed by atoms with Gasteiger partial charge in [-0.25, -0.2) is 0 Å². The maximum Gasteiger partial charge on any atom is 0.258 e. The molecule has 0 fully saturated rings. The van der Waals surface area contributed by atoms with Gasteiger partial charge in [0.05, 0.1) is 30.4 Å². The summed E-state index contributed by atoms with van der Waals surface area (Å²) in [7, 11) is 0. The van der Waals surface area contributed by atoms with E-state index in [1.807, 2.05) is 27.7 Å². The third kappa shape index (κ3) is 7.21. The van der Waals surface area contributed by atoms with Crippen molar-refractivity contribution >= 4 is 5.91 Å². The molecule has 1 amide bonds. The molecule has 31 heavy (non-hydrogen) atoms. The molecule has 6 nitrogen and oxygen atoms in total. The molecule has 0 heterocycles. The lowest BCUT2D eigenvalue weighted by Crippen LogP contribution is -2.42. The van der Waals surface area contributed by atoms with Crippen molar-refractivity contribution in [3.05, 3.63) is 53.6 Å². The lowest BCUT2D eigenvalue weighted by Gasteiger charge is -2.31. The molecule has 0 atom stereocenters. The Balaban J connectivity index is 1.77. The van der Waals surface area contributed by atoms with Gasteiger partial charge in [-0.05, 0) is 89.4 Å². The fourth-order valence-corrected chi connectivity index (χ4v) is 3.37. The van der Waals surface area contributed by atoms with E-state index in [9.17, 15) is 9.90 Å². The van der Waals surface area contributed by atoms with Crippen LogP contribution in [0.15, 0.2) is 42.5 Å². The van der Waals surface area contributed by atoms with Crippen LogP contribution in [0.25, 0.3) is 0 Å². The summed E-state index contributed by atoms with van der Waals surface area (Å²) < 4.78 is 11.5. The Hall–Kier alpha value is -3.20. The van der Waals surface area contributed by atoms with Crippen LogP contribution in [0.5, 0.6) is 17.2 Å². The highest BCUT2D eigenvalue weighted by Gasteiger charge is 2.24. The van der Waals surface area contributed by atoms with Crippen molar-refractivity contribution in [2.45, 2.75) is 59.0 Å². The second kappa shape index (κ2) is 11.8. The van der Waals surface area contributed by atoms with Crippen LogP contribution in [0, 0.1) is 11.3 Å². The summed E-state index contributed by atoms with van der Waals surface area (Å²) in [5.74, 6) is 1.09. The van der Waals surface area contributed by atoms with E-state index in [2.05, 4.69) is 6.07 Å². The standard InChI is InChI=1S/C25H32N2O4/c1-18(2)27(19(3)4)25(29)23-16-22(12-13-24(23)28)31-15-7-5-6-14-30-21-10-8-20(17-26)9-11-21/h8-13,16,18-19,28H,5-7,14-15H2,1-4H3. The van der Waals surface area contributed by atoms with Gasteiger partial charge in [0, 0.05) is 12.1 Å². The molecule has 1 N–H and O–H groups in total. The summed E-state index contributed by atoms with van der Waals surface area (Å²) in [5, 5.41) is 19.0. The van der Waals surface area contributed by atoms with Crippen molar-refractivity contribution in [3.63, 3.8) is 0 Å². The molecular formula is C25H32N2O4. The van der Waals surface area contributed by atoms with E-state index in [0.717, 1.165) is 25.0 Å². The molecule has 0 bridgehead atoms. The first-order valence-corrected chi connectivity index (χ1v) is 10.7. The molecule has 0 aliphatic heterocycles. The number of aromatic hydroxyl groups is 1. The second-order valence-electron chi connectivity index (χ2n) is 7.97. The number of hydrogen-bond donors (Lipinski definition) is 1. The number of phenolic OH excluding ortho intramolecular Hbond substituents is 1. The van der Waals surface area contributed by atoms with E-state index in [4.69, 9.17) is 14.7 Å².